The summed E-state index contributed by atoms with van der Waals surface area (Å²) in [6.45, 7) is 0.734. The van der Waals surface area contributed by atoms with Gasteiger partial charge in [0.25, 0.3) is 0 Å². The second-order valence-electron chi connectivity index (χ2n) is 4.39. The fourth-order valence-electron chi connectivity index (χ4n) is 1.92. The number of hydrogen-bond donors (Lipinski definition) is 2. The molecule has 2 amide bonds. The van der Waals surface area contributed by atoms with E-state index < -0.39 is 0 Å². The van der Waals surface area contributed by atoms with Crippen LogP contribution in [0.1, 0.15) is 19.3 Å². The van der Waals surface area contributed by atoms with Gasteiger partial charge in [-0.05, 0) is 19.1 Å². The van der Waals surface area contributed by atoms with Gasteiger partial charge in [-0.1, -0.05) is 6.42 Å². The fourth-order valence-corrected chi connectivity index (χ4v) is 2.84. The number of nitrogens with zero attached hydrogens (tertiary/aromatic N) is 2. The summed E-state index contributed by atoms with van der Waals surface area (Å²) in [6.07, 6.45) is 7.43. The van der Waals surface area contributed by atoms with Gasteiger partial charge in [-0.15, -0.1) is 0 Å². The summed E-state index contributed by atoms with van der Waals surface area (Å²) in [5.41, 5.74) is 0. The Morgan fingerprint density at radius 1 is 1.65 bits per heavy atom. The van der Waals surface area contributed by atoms with Gasteiger partial charge in [-0.3, -0.25) is 10.00 Å². The molecule has 2 N–H and O–H groups in total. The molecule has 94 valence electrons. The van der Waals surface area contributed by atoms with Crippen LogP contribution in [0.5, 0.6) is 0 Å². The lowest BCUT2D eigenvalue weighted by molar-refractivity contribution is 0.247. The maximum atomic E-state index is 11.7. The van der Waals surface area contributed by atoms with Crippen molar-refractivity contribution in [3.63, 3.8) is 0 Å². The summed E-state index contributed by atoms with van der Waals surface area (Å²) in [6, 6.07) is 1.61. The molecule has 0 aliphatic heterocycles. The number of amides is 2. The van der Waals surface area contributed by atoms with Gasteiger partial charge in [0.1, 0.15) is 5.82 Å². The van der Waals surface area contributed by atoms with Gasteiger partial charge in [0.15, 0.2) is 0 Å². The highest BCUT2D eigenvalue weighted by molar-refractivity contribution is 8.00. The van der Waals surface area contributed by atoms with Gasteiger partial charge >= 0.3 is 6.03 Å². The SMILES string of the molecule is CSC1(CNC(=O)Nc2ccnn2C)CCC1. The van der Waals surface area contributed by atoms with E-state index in [1.807, 2.05) is 11.8 Å². The highest BCUT2D eigenvalue weighted by atomic mass is 32.2. The number of thioether (sulfide) groups is 1. The average molecular weight is 254 g/mol. The maximum absolute atomic E-state index is 11.7. The zero-order valence-corrected chi connectivity index (χ0v) is 11.0. The van der Waals surface area contributed by atoms with E-state index in [-0.39, 0.29) is 10.8 Å². The van der Waals surface area contributed by atoms with E-state index >= 15 is 0 Å². The minimum absolute atomic E-state index is 0.158. The summed E-state index contributed by atoms with van der Waals surface area (Å²) in [5, 5.41) is 9.70. The first-order valence-corrected chi connectivity index (χ1v) is 6.96. The number of urea groups is 1. The number of carbonyl (C=O) groups excluding carboxylic acids is 1. The zero-order valence-electron chi connectivity index (χ0n) is 10.2. The van der Waals surface area contributed by atoms with Gasteiger partial charge in [0.2, 0.25) is 0 Å². The lowest BCUT2D eigenvalue weighted by atomic mass is 9.84. The minimum Gasteiger partial charge on any atom is -0.336 e. The molecule has 0 unspecified atom stereocenters. The van der Waals surface area contributed by atoms with Gasteiger partial charge in [0.05, 0.1) is 6.20 Å². The van der Waals surface area contributed by atoms with Crippen molar-refractivity contribution in [1.29, 1.82) is 0 Å². The van der Waals surface area contributed by atoms with Crippen LogP contribution in [0.4, 0.5) is 10.6 Å². The van der Waals surface area contributed by atoms with Crippen molar-refractivity contribution in [2.24, 2.45) is 7.05 Å². The van der Waals surface area contributed by atoms with Gasteiger partial charge in [-0.2, -0.15) is 16.9 Å². The average Bonchev–Trinajstić information content (AvgIpc) is 2.64. The van der Waals surface area contributed by atoms with Crippen LogP contribution in [-0.4, -0.2) is 33.4 Å². The quantitative estimate of drug-likeness (QED) is 0.861. The van der Waals surface area contributed by atoms with Gasteiger partial charge < -0.3 is 5.32 Å². The molecule has 0 spiro atoms. The van der Waals surface area contributed by atoms with Crippen molar-refractivity contribution in [1.82, 2.24) is 15.1 Å². The Morgan fingerprint density at radius 3 is 2.88 bits per heavy atom. The lowest BCUT2D eigenvalue weighted by Gasteiger charge is -2.40. The Morgan fingerprint density at radius 2 is 2.41 bits per heavy atom. The Balaban J connectivity index is 1.80. The van der Waals surface area contributed by atoms with Crippen molar-refractivity contribution in [3.05, 3.63) is 12.3 Å². The summed E-state index contributed by atoms with van der Waals surface area (Å²) >= 11 is 1.85. The minimum atomic E-state index is -0.158. The van der Waals surface area contributed by atoms with Crippen LogP contribution in [0.2, 0.25) is 0 Å². The monoisotopic (exact) mass is 254 g/mol. The Kier molecular flexibility index (Phi) is 3.61. The molecule has 1 aromatic rings. The summed E-state index contributed by atoms with van der Waals surface area (Å²) in [4.78, 5) is 11.7. The van der Waals surface area contributed by atoms with Crippen molar-refractivity contribution >= 4 is 23.6 Å². The molecule has 0 atom stereocenters. The topological polar surface area (TPSA) is 59.0 Å². The van der Waals surface area contributed by atoms with Gasteiger partial charge in [0, 0.05) is 24.4 Å². The van der Waals surface area contributed by atoms with Crippen molar-refractivity contribution in [3.8, 4) is 0 Å². The standard InChI is InChI=1S/C11H18N4OS/c1-15-9(4-7-13-15)14-10(16)12-8-11(17-2)5-3-6-11/h4,7H,3,5-6,8H2,1-2H3,(H2,12,14,16). The number of rotatable bonds is 4. The van der Waals surface area contributed by atoms with E-state index in [4.69, 9.17) is 0 Å². The molecular weight excluding hydrogens is 236 g/mol. The second kappa shape index (κ2) is 5.00. The van der Waals surface area contributed by atoms with E-state index in [0.717, 1.165) is 6.54 Å². The molecule has 5 nitrogen and oxygen atoms in total. The highest BCUT2D eigenvalue weighted by Gasteiger charge is 2.36. The van der Waals surface area contributed by atoms with E-state index in [1.165, 1.54) is 19.3 Å². The van der Waals surface area contributed by atoms with Crippen LogP contribution < -0.4 is 10.6 Å². The first kappa shape index (κ1) is 12.3. The second-order valence-corrected chi connectivity index (χ2v) is 5.66. The third-order valence-corrected chi connectivity index (χ3v) is 4.75. The molecule has 17 heavy (non-hydrogen) atoms. The normalized spacial score (nSPS) is 17.3. The summed E-state index contributed by atoms with van der Waals surface area (Å²) in [5.74, 6) is 0.703. The Labute approximate surface area is 105 Å². The van der Waals surface area contributed by atoms with E-state index in [1.54, 1.807) is 24.0 Å². The Bertz CT molecular complexity index is 394. The van der Waals surface area contributed by atoms with Crippen LogP contribution in [0.15, 0.2) is 12.3 Å². The maximum Gasteiger partial charge on any atom is 0.320 e. The zero-order chi connectivity index (χ0) is 12.3. The molecule has 1 saturated carbocycles. The number of aryl methyl sites for hydroxylation is 1. The summed E-state index contributed by atoms with van der Waals surface area (Å²) in [7, 11) is 1.80. The summed E-state index contributed by atoms with van der Waals surface area (Å²) < 4.78 is 1.90. The molecule has 1 heterocycles. The Hall–Kier alpha value is -1.17. The lowest BCUT2D eigenvalue weighted by Crippen LogP contribution is -2.46. The molecule has 0 bridgehead atoms. The highest BCUT2D eigenvalue weighted by Crippen LogP contribution is 2.42. The molecule has 6 heteroatoms. The van der Waals surface area contributed by atoms with Crippen molar-refractivity contribution < 1.29 is 4.79 Å². The molecule has 0 radical (unpaired) electrons. The van der Waals surface area contributed by atoms with E-state index in [2.05, 4.69) is 22.0 Å². The molecular formula is C11H18N4OS. The van der Waals surface area contributed by atoms with Crippen LogP contribution in [0.25, 0.3) is 0 Å². The number of carbonyl (C=O) groups is 1. The number of anilines is 1. The first-order valence-electron chi connectivity index (χ1n) is 5.73. The predicted octanol–water partition coefficient (Wildman–Crippen LogP) is 1.83. The predicted molar refractivity (Wildman–Crippen MR) is 70.3 cm³/mol. The van der Waals surface area contributed by atoms with Gasteiger partial charge in [-0.25, -0.2) is 4.79 Å². The van der Waals surface area contributed by atoms with Crippen LogP contribution in [0.3, 0.4) is 0 Å². The van der Waals surface area contributed by atoms with Crippen molar-refractivity contribution in [2.45, 2.75) is 24.0 Å². The third-order valence-electron chi connectivity index (χ3n) is 3.33. The molecule has 2 rings (SSSR count). The first-order chi connectivity index (χ1) is 8.15. The smallest absolute Gasteiger partial charge is 0.320 e. The van der Waals surface area contributed by atoms with Crippen molar-refractivity contribution in [2.75, 3.05) is 18.1 Å². The van der Waals surface area contributed by atoms with Crippen LogP contribution in [-0.2, 0) is 7.05 Å². The molecule has 0 saturated heterocycles. The molecule has 0 aromatic carbocycles. The fraction of sp³-hybridized carbons (Fsp3) is 0.636. The molecule has 1 aliphatic carbocycles. The third kappa shape index (κ3) is 2.74. The van der Waals surface area contributed by atoms with Crippen LogP contribution >= 0.6 is 11.8 Å². The molecule has 1 fully saturated rings. The molecule has 1 aliphatic rings. The molecule has 1 aromatic heterocycles. The number of aromatic nitrogens is 2. The largest absolute Gasteiger partial charge is 0.336 e. The van der Waals surface area contributed by atoms with E-state index in [0.29, 0.717) is 5.82 Å². The van der Waals surface area contributed by atoms with Crippen LogP contribution in [0, 0.1) is 0 Å². The number of hydrogen-bond acceptors (Lipinski definition) is 3. The van der Waals surface area contributed by atoms with E-state index in [9.17, 15) is 4.79 Å². The number of nitrogens with one attached hydrogen (secondary N) is 2.